The third kappa shape index (κ3) is 2.16. The molecule has 1 aliphatic carbocycles. The first-order chi connectivity index (χ1) is 7.33. The van der Waals surface area contributed by atoms with Crippen molar-refractivity contribution in [2.24, 2.45) is 5.92 Å². The summed E-state index contributed by atoms with van der Waals surface area (Å²) in [5, 5.41) is 10.9. The van der Waals surface area contributed by atoms with Crippen LogP contribution in [0.1, 0.15) is 17.9 Å². The molecule has 15 heavy (non-hydrogen) atoms. The average Bonchev–Trinajstić information content (AvgIpc) is 3.07. The summed E-state index contributed by atoms with van der Waals surface area (Å²) < 4.78 is 0. The van der Waals surface area contributed by atoms with Crippen LogP contribution in [0.4, 0.5) is 0 Å². The molecule has 2 atom stereocenters. The van der Waals surface area contributed by atoms with Gasteiger partial charge in [-0.25, -0.2) is 0 Å². The molecule has 3 heteroatoms. The van der Waals surface area contributed by atoms with E-state index in [1.807, 2.05) is 36.4 Å². The van der Waals surface area contributed by atoms with Gasteiger partial charge in [0.05, 0.1) is 6.07 Å². The molecular formula is C12H12N2O. The number of rotatable bonds is 3. The monoisotopic (exact) mass is 200 g/mol. The topological polar surface area (TPSA) is 52.9 Å². The van der Waals surface area contributed by atoms with Crippen LogP contribution in [-0.2, 0) is 4.79 Å². The molecule has 1 fully saturated rings. The third-order valence-electron chi connectivity index (χ3n) is 2.70. The fraction of sp³-hybridized carbons (Fsp3) is 0.333. The maximum atomic E-state index is 11.5. The lowest BCUT2D eigenvalue weighted by atomic mass is 10.1. The van der Waals surface area contributed by atoms with Gasteiger partial charge in [0.25, 0.3) is 0 Å². The lowest BCUT2D eigenvalue weighted by molar-refractivity contribution is -0.122. The second-order valence-electron chi connectivity index (χ2n) is 3.74. The molecule has 0 bridgehead atoms. The van der Waals surface area contributed by atoms with E-state index in [2.05, 4.69) is 5.32 Å². The number of hydrogen-bond acceptors (Lipinski definition) is 2. The zero-order valence-electron chi connectivity index (χ0n) is 8.31. The highest BCUT2D eigenvalue weighted by atomic mass is 16.2. The first kappa shape index (κ1) is 9.72. The van der Waals surface area contributed by atoms with Crippen molar-refractivity contribution in [3.8, 4) is 6.07 Å². The number of carbonyl (C=O) groups is 1. The number of nitrogens with zero attached hydrogens (tertiary/aromatic N) is 1. The first-order valence-corrected chi connectivity index (χ1v) is 5.02. The number of benzene rings is 1. The van der Waals surface area contributed by atoms with Crippen LogP contribution in [0, 0.1) is 17.2 Å². The molecule has 1 amide bonds. The third-order valence-corrected chi connectivity index (χ3v) is 2.70. The minimum Gasteiger partial charge on any atom is -0.343 e. The van der Waals surface area contributed by atoms with Crippen LogP contribution in [0.5, 0.6) is 0 Å². The Kier molecular flexibility index (Phi) is 2.68. The Morgan fingerprint density at radius 2 is 2.20 bits per heavy atom. The van der Waals surface area contributed by atoms with Crippen LogP contribution >= 0.6 is 0 Å². The van der Waals surface area contributed by atoms with Crippen molar-refractivity contribution >= 4 is 5.91 Å². The van der Waals surface area contributed by atoms with Crippen molar-refractivity contribution in [1.29, 1.82) is 5.26 Å². The summed E-state index contributed by atoms with van der Waals surface area (Å²) >= 11 is 0. The number of amides is 1. The van der Waals surface area contributed by atoms with Crippen LogP contribution in [0.25, 0.3) is 0 Å². The molecule has 1 saturated carbocycles. The van der Waals surface area contributed by atoms with Crippen molar-refractivity contribution in [3.63, 3.8) is 0 Å². The van der Waals surface area contributed by atoms with Gasteiger partial charge in [-0.15, -0.1) is 0 Å². The fourth-order valence-corrected chi connectivity index (χ4v) is 1.81. The molecule has 0 aliphatic heterocycles. The van der Waals surface area contributed by atoms with Gasteiger partial charge in [0.15, 0.2) is 0 Å². The standard InChI is InChI=1S/C12H12N2O/c13-6-7-14-12(15)11-8-10(11)9-4-2-1-3-5-9/h1-5,10-11H,7-8H2,(H,14,15). The molecule has 1 aromatic rings. The van der Waals surface area contributed by atoms with Crippen molar-refractivity contribution in [3.05, 3.63) is 35.9 Å². The molecule has 0 saturated heterocycles. The maximum absolute atomic E-state index is 11.5. The Hall–Kier alpha value is -1.82. The Labute approximate surface area is 88.7 Å². The normalized spacial score (nSPS) is 22.9. The second kappa shape index (κ2) is 4.14. The van der Waals surface area contributed by atoms with E-state index in [0.29, 0.717) is 5.92 Å². The number of nitrogens with one attached hydrogen (secondary N) is 1. The highest BCUT2D eigenvalue weighted by Crippen LogP contribution is 2.47. The van der Waals surface area contributed by atoms with Gasteiger partial charge < -0.3 is 5.32 Å². The van der Waals surface area contributed by atoms with Gasteiger partial charge in [-0.2, -0.15) is 5.26 Å². The van der Waals surface area contributed by atoms with E-state index in [0.717, 1.165) is 6.42 Å². The Morgan fingerprint density at radius 3 is 2.87 bits per heavy atom. The van der Waals surface area contributed by atoms with Crippen LogP contribution in [-0.4, -0.2) is 12.5 Å². The van der Waals surface area contributed by atoms with Gasteiger partial charge in [0.1, 0.15) is 6.54 Å². The number of nitriles is 1. The van der Waals surface area contributed by atoms with E-state index >= 15 is 0 Å². The summed E-state index contributed by atoms with van der Waals surface area (Å²) in [4.78, 5) is 11.5. The van der Waals surface area contributed by atoms with E-state index in [9.17, 15) is 4.79 Å². The molecule has 0 heterocycles. The summed E-state index contributed by atoms with van der Waals surface area (Å²) in [7, 11) is 0. The van der Waals surface area contributed by atoms with E-state index < -0.39 is 0 Å². The molecule has 0 radical (unpaired) electrons. The van der Waals surface area contributed by atoms with Crippen molar-refractivity contribution in [2.45, 2.75) is 12.3 Å². The molecule has 1 aliphatic rings. The SMILES string of the molecule is N#CCNC(=O)C1CC1c1ccccc1. The van der Waals surface area contributed by atoms with E-state index in [1.54, 1.807) is 0 Å². The van der Waals surface area contributed by atoms with Crippen molar-refractivity contribution in [2.75, 3.05) is 6.54 Å². The Bertz CT molecular complexity index is 394. The molecule has 2 unspecified atom stereocenters. The van der Waals surface area contributed by atoms with Gasteiger partial charge in [-0.05, 0) is 17.9 Å². The van der Waals surface area contributed by atoms with E-state index in [-0.39, 0.29) is 18.4 Å². The van der Waals surface area contributed by atoms with Crippen molar-refractivity contribution in [1.82, 2.24) is 5.32 Å². The molecular weight excluding hydrogens is 188 g/mol. The van der Waals surface area contributed by atoms with Gasteiger partial charge in [-0.1, -0.05) is 30.3 Å². The first-order valence-electron chi connectivity index (χ1n) is 5.02. The summed E-state index contributed by atoms with van der Waals surface area (Å²) in [5.74, 6) is 0.427. The lowest BCUT2D eigenvalue weighted by Crippen LogP contribution is -2.25. The Balaban J connectivity index is 1.91. The molecule has 76 valence electrons. The van der Waals surface area contributed by atoms with Gasteiger partial charge in [-0.3, -0.25) is 4.79 Å². The fourth-order valence-electron chi connectivity index (χ4n) is 1.81. The van der Waals surface area contributed by atoms with Crippen LogP contribution in [0.2, 0.25) is 0 Å². The zero-order valence-corrected chi connectivity index (χ0v) is 8.31. The molecule has 1 N–H and O–H groups in total. The summed E-state index contributed by atoms with van der Waals surface area (Å²) in [6, 6.07) is 11.9. The van der Waals surface area contributed by atoms with Crippen LogP contribution in [0.15, 0.2) is 30.3 Å². The van der Waals surface area contributed by atoms with E-state index in [1.165, 1.54) is 5.56 Å². The zero-order chi connectivity index (χ0) is 10.7. The summed E-state index contributed by atoms with van der Waals surface area (Å²) in [6.07, 6.45) is 0.904. The van der Waals surface area contributed by atoms with E-state index in [4.69, 9.17) is 5.26 Å². The maximum Gasteiger partial charge on any atom is 0.224 e. The molecule has 0 aromatic heterocycles. The molecule has 0 spiro atoms. The predicted octanol–water partition coefficient (Wildman–Crippen LogP) is 1.43. The quantitative estimate of drug-likeness (QED) is 0.750. The minimum absolute atomic E-state index is 0.00500. The lowest BCUT2D eigenvalue weighted by Gasteiger charge is -2.00. The predicted molar refractivity (Wildman–Crippen MR) is 55.9 cm³/mol. The molecule has 3 nitrogen and oxygen atoms in total. The number of carbonyl (C=O) groups excluding carboxylic acids is 1. The largest absolute Gasteiger partial charge is 0.343 e. The Morgan fingerprint density at radius 1 is 1.47 bits per heavy atom. The second-order valence-corrected chi connectivity index (χ2v) is 3.74. The molecule has 2 rings (SSSR count). The van der Waals surface area contributed by atoms with Gasteiger partial charge in [0.2, 0.25) is 5.91 Å². The highest BCUT2D eigenvalue weighted by molar-refractivity contribution is 5.83. The molecule has 1 aromatic carbocycles. The average molecular weight is 200 g/mol. The summed E-state index contributed by atoms with van der Waals surface area (Å²) in [6.45, 7) is 0.108. The van der Waals surface area contributed by atoms with Gasteiger partial charge >= 0.3 is 0 Å². The smallest absolute Gasteiger partial charge is 0.224 e. The summed E-state index contributed by atoms with van der Waals surface area (Å²) in [5.41, 5.74) is 1.22. The van der Waals surface area contributed by atoms with Crippen LogP contribution < -0.4 is 5.32 Å². The minimum atomic E-state index is 0.00500. The highest BCUT2D eigenvalue weighted by Gasteiger charge is 2.43. The number of hydrogen-bond donors (Lipinski definition) is 1. The van der Waals surface area contributed by atoms with Crippen LogP contribution in [0.3, 0.4) is 0 Å². The van der Waals surface area contributed by atoms with Crippen molar-refractivity contribution < 1.29 is 4.79 Å². The van der Waals surface area contributed by atoms with Gasteiger partial charge in [0, 0.05) is 5.92 Å².